The molecule has 1 aliphatic rings. The third-order valence-electron chi connectivity index (χ3n) is 5.06. The number of ether oxygens (including phenoxy) is 3. The van der Waals surface area contributed by atoms with Crippen LogP contribution in [0.5, 0.6) is 0 Å². The molecule has 0 saturated carbocycles. The zero-order chi connectivity index (χ0) is 24.9. The second-order valence-electron chi connectivity index (χ2n) is 11.7. The van der Waals surface area contributed by atoms with Crippen LogP contribution in [0.1, 0.15) is 34.1 Å². The van der Waals surface area contributed by atoms with Crippen molar-refractivity contribution in [3.05, 3.63) is 0 Å². The van der Waals surface area contributed by atoms with Crippen molar-refractivity contribution in [3.63, 3.8) is 0 Å². The lowest BCUT2D eigenvalue weighted by Gasteiger charge is -2.46. The minimum Gasteiger partial charge on any atom is -0.466 e. The molecule has 0 spiro atoms. The lowest BCUT2D eigenvalue weighted by molar-refractivity contribution is -0.150. The van der Waals surface area contributed by atoms with Crippen LogP contribution in [-0.2, 0) is 19.0 Å². The van der Waals surface area contributed by atoms with Crippen molar-refractivity contribution in [1.82, 2.24) is 9.47 Å². The van der Waals surface area contributed by atoms with Gasteiger partial charge in [0.05, 0.1) is 19.1 Å². The second-order valence-corrected chi connectivity index (χ2v) is 22.1. The lowest BCUT2D eigenvalue weighted by Crippen LogP contribution is -2.62. The smallest absolute Gasteiger partial charge is 0.410 e. The third-order valence-corrected chi connectivity index (χ3v) is 8.76. The number of piperidine rings is 1. The number of esters is 1. The monoisotopic (exact) mass is 488 g/mol. The minimum absolute atomic E-state index is 0.217. The van der Waals surface area contributed by atoms with Gasteiger partial charge in [-0.3, -0.25) is 4.79 Å². The summed E-state index contributed by atoms with van der Waals surface area (Å²) in [4.78, 5) is 40.2. The van der Waals surface area contributed by atoms with Crippen LogP contribution in [0.4, 0.5) is 9.59 Å². The van der Waals surface area contributed by atoms with Crippen LogP contribution in [0.3, 0.4) is 0 Å². The van der Waals surface area contributed by atoms with E-state index in [0.717, 1.165) is 6.04 Å². The quantitative estimate of drug-likeness (QED) is 0.291. The highest BCUT2D eigenvalue weighted by Gasteiger charge is 2.44. The summed E-state index contributed by atoms with van der Waals surface area (Å²) >= 11 is 0. The number of amides is 2. The second kappa shape index (κ2) is 11.0. The highest BCUT2D eigenvalue weighted by atomic mass is 28.3. The molecule has 8 nitrogen and oxygen atoms in total. The average molecular weight is 489 g/mol. The van der Waals surface area contributed by atoms with E-state index in [-0.39, 0.29) is 31.3 Å². The standard InChI is InChI=1S/C22H44N2O6Si2/c1-11-28-19(25)17-14-18(16-23(15-17)20(26)30-22(2,3)4)24(32(8,9)10)21(27)29-12-13-31(5,6)7/h17-18H,11-16H2,1-10H3. The Morgan fingerprint density at radius 3 is 2.06 bits per heavy atom. The molecular formula is C22H44N2O6Si2. The highest BCUT2D eigenvalue weighted by molar-refractivity contribution is 6.76. The van der Waals surface area contributed by atoms with Gasteiger partial charge in [0.15, 0.2) is 8.24 Å². The van der Waals surface area contributed by atoms with E-state index in [1.807, 2.05) is 0 Å². The number of nitrogens with zero attached hydrogens (tertiary/aromatic N) is 2. The number of carbonyl (C=O) groups is 3. The van der Waals surface area contributed by atoms with Gasteiger partial charge in [-0.1, -0.05) is 39.3 Å². The van der Waals surface area contributed by atoms with Gasteiger partial charge in [-0.2, -0.15) is 0 Å². The maximum Gasteiger partial charge on any atom is 0.410 e. The van der Waals surface area contributed by atoms with E-state index in [4.69, 9.17) is 14.2 Å². The Morgan fingerprint density at radius 1 is 1.00 bits per heavy atom. The molecule has 1 aliphatic heterocycles. The first-order valence-electron chi connectivity index (χ1n) is 11.6. The number of likely N-dealkylation sites (tertiary alicyclic amines) is 1. The molecule has 0 aromatic carbocycles. The third kappa shape index (κ3) is 9.52. The van der Waals surface area contributed by atoms with E-state index in [2.05, 4.69) is 39.3 Å². The Morgan fingerprint density at radius 2 is 1.59 bits per heavy atom. The summed E-state index contributed by atoms with van der Waals surface area (Å²) in [6, 6.07) is 0.551. The molecule has 0 bridgehead atoms. The molecule has 186 valence electrons. The maximum absolute atomic E-state index is 13.2. The van der Waals surface area contributed by atoms with Gasteiger partial charge in [-0.05, 0) is 40.2 Å². The predicted octanol–water partition coefficient (Wildman–Crippen LogP) is 4.79. The van der Waals surface area contributed by atoms with Crippen molar-refractivity contribution in [2.75, 3.05) is 26.3 Å². The molecule has 1 heterocycles. The first-order valence-corrected chi connectivity index (χ1v) is 18.7. The van der Waals surface area contributed by atoms with Crippen molar-refractivity contribution >= 4 is 34.5 Å². The maximum atomic E-state index is 13.2. The zero-order valence-corrected chi connectivity index (χ0v) is 23.7. The summed E-state index contributed by atoms with van der Waals surface area (Å²) in [5.41, 5.74) is -0.655. The number of hydrogen-bond donors (Lipinski definition) is 0. The van der Waals surface area contributed by atoms with Gasteiger partial charge in [0.1, 0.15) is 5.60 Å². The van der Waals surface area contributed by atoms with Gasteiger partial charge in [0.2, 0.25) is 0 Å². The van der Waals surface area contributed by atoms with Crippen LogP contribution in [0, 0.1) is 5.92 Å². The van der Waals surface area contributed by atoms with E-state index < -0.39 is 33.9 Å². The molecule has 1 rings (SSSR count). The Balaban J connectivity index is 3.14. The fraction of sp³-hybridized carbons (Fsp3) is 0.864. The van der Waals surface area contributed by atoms with Crippen LogP contribution >= 0.6 is 0 Å². The summed E-state index contributed by atoms with van der Waals surface area (Å²) in [5.74, 6) is -0.872. The number of hydrogen-bond acceptors (Lipinski definition) is 6. The molecule has 0 radical (unpaired) electrons. The van der Waals surface area contributed by atoms with Gasteiger partial charge in [-0.25, -0.2) is 9.59 Å². The predicted molar refractivity (Wildman–Crippen MR) is 131 cm³/mol. The van der Waals surface area contributed by atoms with Crippen molar-refractivity contribution in [2.24, 2.45) is 5.92 Å². The Labute approximate surface area is 196 Å². The normalized spacial score (nSPS) is 19.9. The Kier molecular flexibility index (Phi) is 9.83. The van der Waals surface area contributed by atoms with E-state index in [1.165, 1.54) is 4.90 Å². The Bertz CT molecular complexity index is 667. The summed E-state index contributed by atoms with van der Waals surface area (Å²) in [6.45, 7) is 21.3. The van der Waals surface area contributed by atoms with Crippen LogP contribution in [0.2, 0.25) is 45.3 Å². The molecule has 2 unspecified atom stereocenters. The first-order chi connectivity index (χ1) is 14.4. The van der Waals surface area contributed by atoms with Gasteiger partial charge >= 0.3 is 18.2 Å². The molecule has 10 heteroatoms. The largest absolute Gasteiger partial charge is 0.466 e. The molecule has 0 aliphatic carbocycles. The molecule has 2 amide bonds. The van der Waals surface area contributed by atoms with Crippen molar-refractivity contribution in [2.45, 2.75) is 91.1 Å². The summed E-state index contributed by atoms with van der Waals surface area (Å²) in [5, 5.41) is 0. The van der Waals surface area contributed by atoms with Crippen molar-refractivity contribution < 1.29 is 28.6 Å². The van der Waals surface area contributed by atoms with Crippen LogP contribution < -0.4 is 0 Å². The Hall–Kier alpha value is -1.56. The first kappa shape index (κ1) is 28.5. The topological polar surface area (TPSA) is 85.4 Å². The fourth-order valence-electron chi connectivity index (χ4n) is 3.65. The minimum atomic E-state index is -2.19. The molecule has 0 N–H and O–H groups in total. The summed E-state index contributed by atoms with van der Waals surface area (Å²) in [7, 11) is -3.53. The number of rotatable bonds is 7. The molecule has 1 saturated heterocycles. The zero-order valence-electron chi connectivity index (χ0n) is 21.7. The summed E-state index contributed by atoms with van der Waals surface area (Å²) in [6.07, 6.45) is -0.411. The van der Waals surface area contributed by atoms with E-state index in [9.17, 15) is 14.4 Å². The van der Waals surface area contributed by atoms with Crippen molar-refractivity contribution in [3.8, 4) is 0 Å². The molecular weight excluding hydrogens is 444 g/mol. The van der Waals surface area contributed by atoms with Gasteiger partial charge in [-0.15, -0.1) is 0 Å². The highest BCUT2D eigenvalue weighted by Crippen LogP contribution is 2.28. The van der Waals surface area contributed by atoms with Crippen LogP contribution in [-0.4, -0.2) is 81.9 Å². The van der Waals surface area contributed by atoms with E-state index in [1.54, 1.807) is 32.3 Å². The van der Waals surface area contributed by atoms with Gasteiger partial charge in [0, 0.05) is 27.2 Å². The van der Waals surface area contributed by atoms with Crippen LogP contribution in [0.15, 0.2) is 0 Å². The summed E-state index contributed by atoms with van der Waals surface area (Å²) < 4.78 is 18.3. The molecule has 0 aromatic heterocycles. The number of carbonyl (C=O) groups excluding carboxylic acids is 3. The SMILES string of the molecule is CCOC(=O)C1CC(N(C(=O)OCC[Si](C)(C)C)[Si](C)(C)C)CN(C(=O)OC(C)(C)C)C1. The lowest BCUT2D eigenvalue weighted by atomic mass is 9.94. The van der Waals surface area contributed by atoms with E-state index >= 15 is 0 Å². The molecule has 2 atom stereocenters. The van der Waals surface area contributed by atoms with E-state index in [0.29, 0.717) is 19.6 Å². The van der Waals surface area contributed by atoms with Gasteiger partial charge in [0.25, 0.3) is 0 Å². The van der Waals surface area contributed by atoms with Crippen LogP contribution in [0.25, 0.3) is 0 Å². The van der Waals surface area contributed by atoms with Gasteiger partial charge < -0.3 is 23.7 Å². The van der Waals surface area contributed by atoms with Crippen molar-refractivity contribution in [1.29, 1.82) is 0 Å². The fourth-order valence-corrected chi connectivity index (χ4v) is 6.26. The molecule has 32 heavy (non-hydrogen) atoms. The average Bonchev–Trinajstić information content (AvgIpc) is 2.58. The molecule has 1 fully saturated rings. The molecule has 0 aromatic rings.